The fourth-order valence-electron chi connectivity index (χ4n) is 3.69. The Morgan fingerprint density at radius 3 is 2.63 bits per heavy atom. The lowest BCUT2D eigenvalue weighted by Crippen LogP contribution is -2.32. The van der Waals surface area contributed by atoms with Gasteiger partial charge in [0.15, 0.2) is 11.5 Å². The van der Waals surface area contributed by atoms with Crippen LogP contribution in [0.15, 0.2) is 48.0 Å². The Hall–Kier alpha value is -3.52. The van der Waals surface area contributed by atoms with Crippen LogP contribution >= 0.6 is 0 Å². The molecule has 1 atom stereocenters. The first-order valence-electron chi connectivity index (χ1n) is 9.47. The molecule has 2 aromatic carbocycles. The van der Waals surface area contributed by atoms with Crippen molar-refractivity contribution in [2.24, 2.45) is 0 Å². The number of benzene rings is 2. The van der Waals surface area contributed by atoms with E-state index in [9.17, 15) is 19.8 Å². The summed E-state index contributed by atoms with van der Waals surface area (Å²) < 4.78 is 16.1. The quantitative estimate of drug-likeness (QED) is 0.442. The molecule has 0 saturated carbocycles. The number of ether oxygens (including phenoxy) is 3. The molecule has 2 aliphatic rings. The lowest BCUT2D eigenvalue weighted by atomic mass is 9.95. The van der Waals surface area contributed by atoms with Gasteiger partial charge in [-0.25, -0.2) is 0 Å². The topological polar surface area (TPSA) is 106 Å². The summed E-state index contributed by atoms with van der Waals surface area (Å²) in [6.45, 7) is 1.17. The zero-order valence-corrected chi connectivity index (χ0v) is 16.3. The third kappa shape index (κ3) is 3.46. The van der Waals surface area contributed by atoms with Crippen LogP contribution in [0.25, 0.3) is 5.76 Å². The van der Waals surface area contributed by atoms with E-state index < -0.39 is 17.7 Å². The Morgan fingerprint density at radius 2 is 1.90 bits per heavy atom. The Labute approximate surface area is 172 Å². The van der Waals surface area contributed by atoms with Gasteiger partial charge < -0.3 is 29.3 Å². The Bertz CT molecular complexity index is 1030. The van der Waals surface area contributed by atoms with E-state index in [0.29, 0.717) is 35.8 Å². The van der Waals surface area contributed by atoms with Gasteiger partial charge in [0.05, 0.1) is 18.2 Å². The molecule has 2 N–H and O–H groups in total. The van der Waals surface area contributed by atoms with Crippen molar-refractivity contribution in [1.29, 1.82) is 0 Å². The summed E-state index contributed by atoms with van der Waals surface area (Å²) in [6.07, 6.45) is 0. The van der Waals surface area contributed by atoms with Crippen molar-refractivity contribution in [1.82, 2.24) is 4.90 Å². The standard InChI is InChI=1S/C22H21NO7/c1-28-8-7-23-19(13-3-2-4-15(24)11-13)18(21(26)22(23)27)20(25)14-5-6-16-17(12-14)30-10-9-29-16/h2-6,11-12,19,24-25H,7-10H2,1H3/b20-18+. The number of aromatic hydroxyl groups is 1. The van der Waals surface area contributed by atoms with Gasteiger partial charge in [-0.05, 0) is 35.9 Å². The fourth-order valence-corrected chi connectivity index (χ4v) is 3.69. The molecular weight excluding hydrogens is 390 g/mol. The number of hydrogen-bond acceptors (Lipinski definition) is 7. The molecule has 0 aliphatic carbocycles. The molecule has 0 aromatic heterocycles. The first-order chi connectivity index (χ1) is 14.5. The minimum Gasteiger partial charge on any atom is -0.508 e. The van der Waals surface area contributed by atoms with Crippen molar-refractivity contribution in [2.45, 2.75) is 6.04 Å². The smallest absolute Gasteiger partial charge is 0.295 e. The second kappa shape index (κ2) is 8.08. The summed E-state index contributed by atoms with van der Waals surface area (Å²) in [7, 11) is 1.50. The second-order valence-corrected chi connectivity index (χ2v) is 6.94. The van der Waals surface area contributed by atoms with Gasteiger partial charge in [0.2, 0.25) is 0 Å². The second-order valence-electron chi connectivity index (χ2n) is 6.94. The highest BCUT2D eigenvalue weighted by Gasteiger charge is 2.46. The van der Waals surface area contributed by atoms with E-state index in [-0.39, 0.29) is 30.2 Å². The number of Topliss-reactive ketones (excluding diaryl/α,β-unsaturated/α-hetero) is 1. The van der Waals surface area contributed by atoms with E-state index in [1.807, 2.05) is 0 Å². The van der Waals surface area contributed by atoms with Crippen molar-refractivity contribution in [2.75, 3.05) is 33.5 Å². The zero-order valence-electron chi connectivity index (χ0n) is 16.3. The molecule has 2 aliphatic heterocycles. The lowest BCUT2D eigenvalue weighted by Gasteiger charge is -2.25. The number of aliphatic hydroxyl groups excluding tert-OH is 1. The van der Waals surface area contributed by atoms with Gasteiger partial charge >= 0.3 is 0 Å². The molecule has 2 heterocycles. The summed E-state index contributed by atoms with van der Waals surface area (Å²) in [5.74, 6) is -0.871. The van der Waals surface area contributed by atoms with Crippen LogP contribution in [0, 0.1) is 0 Å². The maximum Gasteiger partial charge on any atom is 0.295 e. The zero-order chi connectivity index (χ0) is 21.3. The highest BCUT2D eigenvalue weighted by atomic mass is 16.6. The monoisotopic (exact) mass is 411 g/mol. The number of carbonyl (C=O) groups is 2. The van der Waals surface area contributed by atoms with Gasteiger partial charge in [0.25, 0.3) is 11.7 Å². The molecule has 0 spiro atoms. The Balaban J connectivity index is 1.84. The number of amides is 1. The van der Waals surface area contributed by atoms with Gasteiger partial charge in [-0.1, -0.05) is 12.1 Å². The number of ketones is 1. The maximum absolute atomic E-state index is 12.9. The van der Waals surface area contributed by atoms with E-state index in [4.69, 9.17) is 14.2 Å². The predicted molar refractivity (Wildman–Crippen MR) is 106 cm³/mol. The molecule has 1 amide bonds. The largest absolute Gasteiger partial charge is 0.508 e. The van der Waals surface area contributed by atoms with Crippen LogP contribution in [0.4, 0.5) is 0 Å². The number of phenolic OH excluding ortho intramolecular Hbond substituents is 1. The van der Waals surface area contributed by atoms with Crippen molar-refractivity contribution in [3.05, 3.63) is 59.2 Å². The first kappa shape index (κ1) is 19.8. The van der Waals surface area contributed by atoms with Gasteiger partial charge in [-0.3, -0.25) is 9.59 Å². The molecular formula is C22H21NO7. The van der Waals surface area contributed by atoms with E-state index in [2.05, 4.69) is 0 Å². The van der Waals surface area contributed by atoms with E-state index in [1.54, 1.807) is 30.3 Å². The average Bonchev–Trinajstić information content (AvgIpc) is 3.01. The molecule has 1 unspecified atom stereocenters. The summed E-state index contributed by atoms with van der Waals surface area (Å²) in [4.78, 5) is 26.9. The summed E-state index contributed by atoms with van der Waals surface area (Å²) in [6, 6.07) is 10.2. The van der Waals surface area contributed by atoms with Crippen molar-refractivity contribution in [3.8, 4) is 17.2 Å². The molecule has 0 radical (unpaired) electrons. The van der Waals surface area contributed by atoms with Gasteiger partial charge in [0, 0.05) is 19.2 Å². The van der Waals surface area contributed by atoms with Crippen LogP contribution in [-0.2, 0) is 14.3 Å². The number of likely N-dealkylation sites (tertiary alicyclic amines) is 1. The molecule has 2 aromatic rings. The molecule has 156 valence electrons. The van der Waals surface area contributed by atoms with Crippen LogP contribution in [0.1, 0.15) is 17.2 Å². The molecule has 8 nitrogen and oxygen atoms in total. The van der Waals surface area contributed by atoms with Crippen molar-refractivity contribution in [3.63, 3.8) is 0 Å². The van der Waals surface area contributed by atoms with E-state index >= 15 is 0 Å². The number of aliphatic hydroxyl groups is 1. The van der Waals surface area contributed by atoms with E-state index in [1.165, 1.54) is 24.1 Å². The fraction of sp³-hybridized carbons (Fsp3) is 0.273. The van der Waals surface area contributed by atoms with Crippen LogP contribution < -0.4 is 9.47 Å². The Kier molecular flexibility index (Phi) is 5.33. The van der Waals surface area contributed by atoms with Crippen LogP contribution in [0.3, 0.4) is 0 Å². The highest BCUT2D eigenvalue weighted by molar-refractivity contribution is 6.46. The molecule has 30 heavy (non-hydrogen) atoms. The average molecular weight is 411 g/mol. The van der Waals surface area contributed by atoms with Crippen LogP contribution in [0.5, 0.6) is 17.2 Å². The minimum absolute atomic E-state index is 0.0100. The van der Waals surface area contributed by atoms with Crippen LogP contribution in [-0.4, -0.2) is 60.3 Å². The van der Waals surface area contributed by atoms with Crippen LogP contribution in [0.2, 0.25) is 0 Å². The number of nitrogens with zero attached hydrogens (tertiary/aromatic N) is 1. The van der Waals surface area contributed by atoms with Gasteiger partial charge in [0.1, 0.15) is 24.7 Å². The number of phenols is 1. The third-order valence-electron chi connectivity index (χ3n) is 5.08. The summed E-state index contributed by atoms with van der Waals surface area (Å²) in [5.41, 5.74) is 0.775. The summed E-state index contributed by atoms with van der Waals surface area (Å²) in [5, 5.41) is 21.0. The van der Waals surface area contributed by atoms with Crippen molar-refractivity contribution >= 4 is 17.4 Å². The van der Waals surface area contributed by atoms with Crippen molar-refractivity contribution < 1.29 is 34.0 Å². The normalized spacial score (nSPS) is 19.9. The van der Waals surface area contributed by atoms with Gasteiger partial charge in [-0.15, -0.1) is 0 Å². The lowest BCUT2D eigenvalue weighted by molar-refractivity contribution is -0.140. The highest BCUT2D eigenvalue weighted by Crippen LogP contribution is 2.41. The number of fused-ring (bicyclic) bond motifs is 1. The number of carbonyl (C=O) groups excluding carboxylic acids is 2. The molecule has 8 heteroatoms. The molecule has 4 rings (SSSR count). The number of hydrogen-bond donors (Lipinski definition) is 2. The first-order valence-corrected chi connectivity index (χ1v) is 9.47. The predicted octanol–water partition coefficient (Wildman–Crippen LogP) is 2.23. The third-order valence-corrected chi connectivity index (χ3v) is 5.08. The molecule has 0 bridgehead atoms. The molecule has 1 fully saturated rings. The Morgan fingerprint density at radius 1 is 1.13 bits per heavy atom. The summed E-state index contributed by atoms with van der Waals surface area (Å²) >= 11 is 0. The van der Waals surface area contributed by atoms with E-state index in [0.717, 1.165) is 0 Å². The minimum atomic E-state index is -0.861. The van der Waals surface area contributed by atoms with Gasteiger partial charge in [-0.2, -0.15) is 0 Å². The number of rotatable bonds is 5. The maximum atomic E-state index is 12.9. The number of methoxy groups -OCH3 is 1. The molecule has 1 saturated heterocycles. The SMILES string of the molecule is COCCN1C(=O)C(=O)/C(=C(/O)c2ccc3c(c2)OCCO3)C1c1cccc(O)c1.